The van der Waals surface area contributed by atoms with Crippen LogP contribution in [0.1, 0.15) is 74.8 Å². The Morgan fingerprint density at radius 3 is 1.39 bits per heavy atom. The van der Waals surface area contributed by atoms with Crippen molar-refractivity contribution in [3.05, 3.63) is 177 Å². The zero-order valence-corrected chi connectivity index (χ0v) is 44.8. The predicted octanol–water partition coefficient (Wildman–Crippen LogP) is 8.72. The summed E-state index contributed by atoms with van der Waals surface area (Å²) in [5.41, 5.74) is 11.9. The number of likely N-dealkylation sites (tertiary alicyclic amines) is 2. The van der Waals surface area contributed by atoms with Crippen molar-refractivity contribution in [3.63, 3.8) is 0 Å². The molecule has 0 aliphatic carbocycles. The van der Waals surface area contributed by atoms with Crippen molar-refractivity contribution >= 4 is 15.8 Å². The van der Waals surface area contributed by atoms with Crippen molar-refractivity contribution in [2.75, 3.05) is 51.8 Å². The highest BCUT2D eigenvalue weighted by Gasteiger charge is 2.31. The number of hydrogen-bond acceptors (Lipinski definition) is 12. The molecule has 10 rings (SSSR count). The van der Waals surface area contributed by atoms with E-state index in [1.54, 1.807) is 60.0 Å². The maximum atomic E-state index is 13.7. The molecule has 16 nitrogen and oxygen atoms in total. The third-order valence-electron chi connectivity index (χ3n) is 14.0. The minimum atomic E-state index is -3.64. The first kappa shape index (κ1) is 54.8. The molecule has 8 aromatic rings. The third kappa shape index (κ3) is 12.6. The highest BCUT2D eigenvalue weighted by Crippen LogP contribution is 2.37. The number of anilines is 1. The van der Waals surface area contributed by atoms with Crippen LogP contribution in [0.15, 0.2) is 148 Å². The number of hydrogen-bond donors (Lipinski definition) is 2. The van der Waals surface area contributed by atoms with Crippen molar-refractivity contribution in [3.8, 4) is 45.0 Å². The summed E-state index contributed by atoms with van der Waals surface area (Å²) in [7, 11) is 4.02. The van der Waals surface area contributed by atoms with Gasteiger partial charge in [0, 0.05) is 38.8 Å². The summed E-state index contributed by atoms with van der Waals surface area (Å²) in [6.45, 7) is 7.70. The molecule has 2 fully saturated rings. The highest BCUT2D eigenvalue weighted by molar-refractivity contribution is 7.90. The summed E-state index contributed by atoms with van der Waals surface area (Å²) in [4.78, 5) is 48.9. The Morgan fingerprint density at radius 1 is 0.579 bits per heavy atom. The van der Waals surface area contributed by atoms with Gasteiger partial charge in [0.05, 0.1) is 52.0 Å². The number of halogens is 2. The van der Waals surface area contributed by atoms with Gasteiger partial charge in [-0.3, -0.25) is 28.3 Å². The molecule has 19 heteroatoms. The molecule has 0 spiro atoms. The van der Waals surface area contributed by atoms with Gasteiger partial charge in [-0.05, 0) is 138 Å². The lowest BCUT2D eigenvalue weighted by atomic mass is 10.0. The van der Waals surface area contributed by atoms with Gasteiger partial charge >= 0.3 is 0 Å². The highest BCUT2D eigenvalue weighted by atomic mass is 32.2. The number of benzene rings is 4. The molecule has 2 atom stereocenters. The standard InChI is InChI=1S/C28H31FN6O.C21H24FN5O3S.C8H11N/c1-19(20-7-5-4-6-8-20)31-28-30-16-13-24(32-28)26-25(21-9-11-22(29)12-10-21)27(36)34(3)35(26)23-14-17-33(2)18-15-23;1-25-12-9-16(10-13-25)27-19(17-8-11-23-21(24-17)31(3,29)30)18(20(28)26(27)2)14-4-6-15(22)7-5-14;1-7(9)8-5-3-2-4-6-8/h4-13,16,19,23H,14-15,17-18H2,1-3H3,(H,30,31,32);4-8,11,16H,9-10,12-13H2,1-3H3;2-7H,9H2,1H3/t19-;;7-/m0.0/s1. The van der Waals surface area contributed by atoms with Crippen molar-refractivity contribution in [2.24, 2.45) is 19.8 Å². The molecule has 6 heterocycles. The maximum absolute atomic E-state index is 13.7. The Morgan fingerprint density at radius 2 is 0.987 bits per heavy atom. The van der Waals surface area contributed by atoms with E-state index in [1.807, 2.05) is 66.2 Å². The van der Waals surface area contributed by atoms with Crippen molar-refractivity contribution in [2.45, 2.75) is 68.9 Å². The second kappa shape index (κ2) is 24.0. The van der Waals surface area contributed by atoms with E-state index in [-0.39, 0.29) is 46.3 Å². The number of sulfone groups is 1. The molecule has 0 saturated carbocycles. The van der Waals surface area contributed by atoms with Crippen LogP contribution in [0.3, 0.4) is 0 Å². The minimum absolute atomic E-state index is 0.00451. The van der Waals surface area contributed by atoms with E-state index in [0.29, 0.717) is 45.3 Å². The molecule has 398 valence electrons. The summed E-state index contributed by atoms with van der Waals surface area (Å²) < 4.78 is 58.6. The van der Waals surface area contributed by atoms with E-state index in [1.165, 1.54) is 36.0 Å². The number of piperidine rings is 2. The van der Waals surface area contributed by atoms with Crippen LogP contribution in [0.2, 0.25) is 0 Å². The normalized spacial score (nSPS) is 15.5. The van der Waals surface area contributed by atoms with Gasteiger partial charge in [0.2, 0.25) is 20.9 Å². The minimum Gasteiger partial charge on any atom is -0.348 e. The van der Waals surface area contributed by atoms with Gasteiger partial charge in [-0.1, -0.05) is 84.9 Å². The fraction of sp³-hybridized carbons (Fsp3) is 0.333. The molecular weight excluding hydrogens is 987 g/mol. The largest absolute Gasteiger partial charge is 0.348 e. The van der Waals surface area contributed by atoms with Gasteiger partial charge in [0.1, 0.15) is 11.6 Å². The van der Waals surface area contributed by atoms with E-state index < -0.39 is 15.7 Å². The van der Waals surface area contributed by atoms with Gasteiger partial charge in [-0.15, -0.1) is 0 Å². The monoisotopic (exact) mass is 1050 g/mol. The molecular formula is C57H66F2N12O4S. The van der Waals surface area contributed by atoms with E-state index in [9.17, 15) is 26.8 Å². The summed E-state index contributed by atoms with van der Waals surface area (Å²) in [5.74, 6) is -0.256. The van der Waals surface area contributed by atoms with Gasteiger partial charge in [0.15, 0.2) is 0 Å². The second-order valence-electron chi connectivity index (χ2n) is 19.6. The lowest BCUT2D eigenvalue weighted by molar-refractivity contribution is 0.203. The van der Waals surface area contributed by atoms with Crippen molar-refractivity contribution in [1.82, 2.24) is 48.5 Å². The summed E-state index contributed by atoms with van der Waals surface area (Å²) in [6.07, 6.45) is 7.65. The van der Waals surface area contributed by atoms with Gasteiger partial charge in [0.25, 0.3) is 11.1 Å². The first-order valence-electron chi connectivity index (χ1n) is 25.4. The molecule has 0 amide bonds. The van der Waals surface area contributed by atoms with Crippen LogP contribution in [0.25, 0.3) is 45.0 Å². The molecule has 0 radical (unpaired) electrons. The lowest BCUT2D eigenvalue weighted by Gasteiger charge is -2.31. The van der Waals surface area contributed by atoms with Gasteiger partial charge in [-0.25, -0.2) is 37.1 Å². The lowest BCUT2D eigenvalue weighted by Crippen LogP contribution is -2.34. The maximum Gasteiger partial charge on any atom is 0.274 e. The van der Waals surface area contributed by atoms with Crippen LogP contribution < -0.4 is 22.2 Å². The first-order valence-corrected chi connectivity index (χ1v) is 27.3. The summed E-state index contributed by atoms with van der Waals surface area (Å²) >= 11 is 0. The number of rotatable bonds is 11. The van der Waals surface area contributed by atoms with E-state index in [0.717, 1.165) is 69.4 Å². The van der Waals surface area contributed by atoms with Crippen LogP contribution in [0, 0.1) is 11.6 Å². The average Bonchev–Trinajstić information content (AvgIpc) is 3.99. The molecule has 4 aromatic heterocycles. The van der Waals surface area contributed by atoms with Crippen LogP contribution >= 0.6 is 0 Å². The Labute approximate surface area is 442 Å². The van der Waals surface area contributed by atoms with Crippen molar-refractivity contribution in [1.29, 1.82) is 0 Å². The molecule has 4 aromatic carbocycles. The van der Waals surface area contributed by atoms with Gasteiger partial charge < -0.3 is 20.9 Å². The summed E-state index contributed by atoms with van der Waals surface area (Å²) in [5, 5.41) is 3.08. The quantitative estimate of drug-likeness (QED) is 0.118. The fourth-order valence-electron chi connectivity index (χ4n) is 9.82. The first-order chi connectivity index (χ1) is 36.4. The second-order valence-corrected chi connectivity index (χ2v) is 21.5. The van der Waals surface area contributed by atoms with E-state index in [4.69, 9.17) is 10.7 Å². The Balaban J connectivity index is 0.000000174. The zero-order valence-electron chi connectivity index (χ0n) is 44.0. The van der Waals surface area contributed by atoms with Gasteiger partial charge in [-0.2, -0.15) is 0 Å². The number of nitrogens with zero attached hydrogens (tertiary/aromatic N) is 10. The molecule has 0 unspecified atom stereocenters. The van der Waals surface area contributed by atoms with Crippen LogP contribution in [-0.4, -0.2) is 103 Å². The fourth-order valence-corrected chi connectivity index (χ4v) is 10.3. The van der Waals surface area contributed by atoms with E-state index in [2.05, 4.69) is 67.9 Å². The SMILES string of the molecule is CN1CCC(n2c(-c3ccnc(S(C)(=O)=O)n3)c(-c3ccc(F)cc3)c(=O)n2C)CC1.C[C@H](N)c1ccccc1.C[C@H](Nc1nccc(-c2c(-c3ccc(F)cc3)c(=O)n(C)n2C2CCN(C)CC2)n1)c1ccccc1. The Kier molecular flexibility index (Phi) is 17.3. The molecule has 2 aliphatic heterocycles. The molecule has 76 heavy (non-hydrogen) atoms. The van der Waals surface area contributed by atoms with E-state index >= 15 is 0 Å². The topological polar surface area (TPSA) is 184 Å². The Hall–Kier alpha value is -7.45. The number of nitrogens with one attached hydrogen (secondary N) is 1. The molecule has 2 aliphatic rings. The van der Waals surface area contributed by atoms with Crippen LogP contribution in [0.5, 0.6) is 0 Å². The number of nitrogens with two attached hydrogens (primary N) is 1. The molecule has 3 N–H and O–H groups in total. The van der Waals surface area contributed by atoms with Crippen molar-refractivity contribution < 1.29 is 17.2 Å². The predicted molar refractivity (Wildman–Crippen MR) is 294 cm³/mol. The summed E-state index contributed by atoms with van der Waals surface area (Å²) in [6, 6.07) is 35.7. The van der Waals surface area contributed by atoms with Crippen LogP contribution in [-0.2, 0) is 23.9 Å². The smallest absolute Gasteiger partial charge is 0.274 e. The van der Waals surface area contributed by atoms with Crippen LogP contribution in [0.4, 0.5) is 14.7 Å². The Bertz CT molecular complexity index is 3460. The third-order valence-corrected chi connectivity index (χ3v) is 14.9. The average molecular weight is 1050 g/mol. The zero-order chi connectivity index (χ0) is 54.3. The molecule has 2 saturated heterocycles. The molecule has 0 bridgehead atoms. The number of aromatic nitrogens is 8.